The molecule has 0 spiro atoms. The smallest absolute Gasteiger partial charge is 0.350 e. The van der Waals surface area contributed by atoms with Crippen molar-refractivity contribution in [3.8, 4) is 6.07 Å². The van der Waals surface area contributed by atoms with Crippen LogP contribution in [0.25, 0.3) is 11.2 Å². The summed E-state index contributed by atoms with van der Waals surface area (Å²) in [5.41, 5.74) is 2.36. The Morgan fingerprint density at radius 1 is 1.24 bits per heavy atom. The summed E-state index contributed by atoms with van der Waals surface area (Å²) in [6.45, 7) is 1.69. The summed E-state index contributed by atoms with van der Waals surface area (Å²) in [5, 5.41) is 30.4. The Labute approximate surface area is 194 Å². The number of rotatable bonds is 8. The molecule has 0 aliphatic carbocycles. The lowest BCUT2D eigenvalue weighted by Gasteiger charge is -2.17. The van der Waals surface area contributed by atoms with E-state index < -0.39 is 38.5 Å². The fourth-order valence-corrected chi connectivity index (χ4v) is 4.27. The number of aliphatic hydroxyl groups excluding tert-OH is 2. The van der Waals surface area contributed by atoms with E-state index in [1.807, 2.05) is 43.3 Å². The maximum absolute atomic E-state index is 11.0. The first kappa shape index (κ1) is 24.4. The van der Waals surface area contributed by atoms with Crippen molar-refractivity contribution < 1.29 is 34.0 Å². The Morgan fingerprint density at radius 2 is 1.97 bits per heavy atom. The molecule has 34 heavy (non-hydrogen) atoms. The highest BCUT2D eigenvalue weighted by atomic mass is 31.2. The molecular weight excluding hydrogens is 465 g/mol. The molecule has 3 heterocycles. The molecule has 2 aromatic heterocycles. The van der Waals surface area contributed by atoms with Crippen molar-refractivity contribution in [3.05, 3.63) is 53.7 Å². The highest BCUT2D eigenvalue weighted by Gasteiger charge is 2.44. The number of nitriles is 1. The van der Waals surface area contributed by atoms with E-state index >= 15 is 0 Å². The Balaban J connectivity index is 1.61. The fraction of sp³-hybridized carbons (Fsp3) is 0.429. The second kappa shape index (κ2) is 9.85. The van der Waals surface area contributed by atoms with Gasteiger partial charge in [0.2, 0.25) is 5.82 Å². The van der Waals surface area contributed by atoms with Gasteiger partial charge in [0.05, 0.1) is 18.6 Å². The van der Waals surface area contributed by atoms with Gasteiger partial charge in [0.15, 0.2) is 11.9 Å². The van der Waals surface area contributed by atoms with Crippen molar-refractivity contribution >= 4 is 18.8 Å². The van der Waals surface area contributed by atoms with Crippen LogP contribution in [0.3, 0.4) is 0 Å². The van der Waals surface area contributed by atoms with Gasteiger partial charge in [-0.05, 0) is 17.9 Å². The van der Waals surface area contributed by atoms with Crippen molar-refractivity contribution in [2.24, 2.45) is 0 Å². The molecule has 0 amide bonds. The van der Waals surface area contributed by atoms with E-state index in [1.54, 1.807) is 0 Å². The molecule has 13 heteroatoms. The second-order valence-corrected chi connectivity index (χ2v) is 9.74. The Hall–Kier alpha value is -2.75. The quantitative estimate of drug-likeness (QED) is 0.328. The van der Waals surface area contributed by atoms with E-state index in [0.29, 0.717) is 17.6 Å². The molecule has 1 saturated heterocycles. The third-order valence-corrected chi connectivity index (χ3v) is 6.13. The molecule has 3 aromatic rings. The average Bonchev–Trinajstić information content (AvgIpc) is 3.35. The van der Waals surface area contributed by atoms with Crippen LogP contribution in [0.1, 0.15) is 36.2 Å². The minimum atomic E-state index is -4.39. The van der Waals surface area contributed by atoms with E-state index in [1.165, 1.54) is 10.9 Å². The van der Waals surface area contributed by atoms with E-state index in [9.17, 15) is 20.0 Å². The van der Waals surface area contributed by atoms with E-state index in [0.717, 1.165) is 5.56 Å². The molecule has 1 fully saturated rings. The third kappa shape index (κ3) is 5.16. The Kier molecular flexibility index (Phi) is 7.06. The minimum absolute atomic E-state index is 0.0703. The number of aliphatic hydroxyl groups is 2. The summed E-state index contributed by atoms with van der Waals surface area (Å²) in [6.07, 6.45) is -3.89. The van der Waals surface area contributed by atoms with Crippen LogP contribution < -0.4 is 0 Å². The summed E-state index contributed by atoms with van der Waals surface area (Å²) >= 11 is 0. The highest BCUT2D eigenvalue weighted by Crippen LogP contribution is 2.36. The average molecular weight is 489 g/mol. The van der Waals surface area contributed by atoms with Crippen molar-refractivity contribution in [2.45, 2.75) is 43.8 Å². The predicted octanol–water partition coefficient (Wildman–Crippen LogP) is 0.815. The first-order valence-electron chi connectivity index (χ1n) is 10.5. The van der Waals surface area contributed by atoms with Crippen LogP contribution in [0.15, 0.2) is 36.7 Å². The monoisotopic (exact) mass is 489 g/mol. The second-order valence-electron chi connectivity index (χ2n) is 8.16. The maximum Gasteiger partial charge on any atom is 0.350 e. The number of benzene rings is 1. The number of hydrogen-bond acceptors (Lipinski definition) is 9. The zero-order valence-corrected chi connectivity index (χ0v) is 19.1. The first-order chi connectivity index (χ1) is 16.2. The minimum Gasteiger partial charge on any atom is -0.387 e. The maximum atomic E-state index is 11.0. The number of nitrogens with zero attached hydrogens (tertiary/aromatic N) is 5. The van der Waals surface area contributed by atoms with Crippen LogP contribution in [0.2, 0.25) is 0 Å². The molecule has 1 aromatic carbocycles. The molecule has 0 radical (unpaired) electrons. The van der Waals surface area contributed by atoms with Crippen LogP contribution in [-0.2, 0) is 20.5 Å². The molecule has 0 unspecified atom stereocenters. The van der Waals surface area contributed by atoms with Gasteiger partial charge in [0, 0.05) is 0 Å². The van der Waals surface area contributed by atoms with Crippen molar-refractivity contribution in [3.63, 3.8) is 0 Å². The Bertz CT molecular complexity index is 1240. The lowest BCUT2D eigenvalue weighted by atomic mass is 9.96. The molecule has 180 valence electrons. The standard InChI is InChI=1S/C21H24N5O7P/c1-12(13-5-3-2-4-6-13)7-14-17-20(25-16(8-22)24-14)26(10-23-17)21-19(28)18(27)15(33-21)9-32-11-34(29,30)31/h2-6,10,12,15,18-19,21,27-28H,7,9,11H2,1H3,(H2,29,30,31)/t12-,15-,18-,19-,21-/m1/s1. The SMILES string of the molecule is C[C@H](Cc1nc(C#N)nc2c1ncn2[C@@H]1O[C@H](COCP(=O)(O)O)[C@@H](O)[C@H]1O)c1ccccc1. The molecule has 12 nitrogen and oxygen atoms in total. The predicted molar refractivity (Wildman–Crippen MR) is 117 cm³/mol. The summed E-state index contributed by atoms with van der Waals surface area (Å²) < 4.78 is 23.0. The van der Waals surface area contributed by atoms with Crippen molar-refractivity contribution in [1.82, 2.24) is 19.5 Å². The van der Waals surface area contributed by atoms with Gasteiger partial charge in [-0.2, -0.15) is 10.2 Å². The van der Waals surface area contributed by atoms with Crippen LogP contribution in [0, 0.1) is 11.3 Å². The lowest BCUT2D eigenvalue weighted by molar-refractivity contribution is -0.0612. The molecule has 1 aliphatic heterocycles. The number of ether oxygens (including phenoxy) is 2. The normalized spacial score (nSPS) is 23.8. The van der Waals surface area contributed by atoms with Gasteiger partial charge < -0.3 is 29.5 Å². The zero-order valence-electron chi connectivity index (χ0n) is 18.2. The van der Waals surface area contributed by atoms with Gasteiger partial charge in [-0.3, -0.25) is 9.13 Å². The summed E-state index contributed by atoms with van der Waals surface area (Å²) in [6, 6.07) is 11.8. The number of aromatic nitrogens is 4. The summed E-state index contributed by atoms with van der Waals surface area (Å²) in [5.74, 6) is 0.0146. The molecule has 1 aliphatic rings. The van der Waals surface area contributed by atoms with Crippen LogP contribution in [-0.4, -0.2) is 70.8 Å². The van der Waals surface area contributed by atoms with E-state index in [-0.39, 0.29) is 24.0 Å². The highest BCUT2D eigenvalue weighted by molar-refractivity contribution is 7.51. The Morgan fingerprint density at radius 3 is 2.65 bits per heavy atom. The first-order valence-corrected chi connectivity index (χ1v) is 12.3. The van der Waals surface area contributed by atoms with Gasteiger partial charge in [0.1, 0.15) is 36.2 Å². The topological polar surface area (TPSA) is 184 Å². The molecule has 5 atom stereocenters. The van der Waals surface area contributed by atoms with E-state index in [4.69, 9.17) is 19.3 Å². The number of fused-ring (bicyclic) bond motifs is 1. The fourth-order valence-electron chi connectivity index (χ4n) is 3.93. The lowest BCUT2D eigenvalue weighted by Crippen LogP contribution is -2.33. The molecule has 0 bridgehead atoms. The largest absolute Gasteiger partial charge is 0.387 e. The van der Waals surface area contributed by atoms with Crippen molar-refractivity contribution in [2.75, 3.05) is 13.0 Å². The van der Waals surface area contributed by atoms with Crippen LogP contribution >= 0.6 is 7.60 Å². The molecular formula is C21H24N5O7P. The summed E-state index contributed by atoms with van der Waals surface area (Å²) in [7, 11) is -4.39. The van der Waals surface area contributed by atoms with Gasteiger partial charge in [-0.15, -0.1) is 0 Å². The molecule has 4 rings (SSSR count). The third-order valence-electron chi connectivity index (χ3n) is 5.61. The van der Waals surface area contributed by atoms with E-state index in [2.05, 4.69) is 15.0 Å². The van der Waals surface area contributed by atoms with Crippen LogP contribution in [0.5, 0.6) is 0 Å². The van der Waals surface area contributed by atoms with Gasteiger partial charge in [-0.1, -0.05) is 37.3 Å². The molecule has 4 N–H and O–H groups in total. The zero-order chi connectivity index (χ0) is 24.5. The van der Waals surface area contributed by atoms with Gasteiger partial charge in [0.25, 0.3) is 0 Å². The molecule has 0 saturated carbocycles. The van der Waals surface area contributed by atoms with Gasteiger partial charge >= 0.3 is 7.60 Å². The number of hydrogen-bond donors (Lipinski definition) is 4. The van der Waals surface area contributed by atoms with Crippen LogP contribution in [0.4, 0.5) is 0 Å². The van der Waals surface area contributed by atoms with Gasteiger partial charge in [-0.25, -0.2) is 9.97 Å². The summed E-state index contributed by atoms with van der Waals surface area (Å²) in [4.78, 5) is 30.8. The number of imidazole rings is 1. The van der Waals surface area contributed by atoms with Crippen molar-refractivity contribution in [1.29, 1.82) is 5.26 Å².